The van der Waals surface area contributed by atoms with E-state index in [4.69, 9.17) is 9.15 Å². The average molecular weight is 249 g/mol. The van der Waals surface area contributed by atoms with Crippen LogP contribution in [0.5, 0.6) is 0 Å². The van der Waals surface area contributed by atoms with E-state index in [0.717, 1.165) is 19.3 Å². The Balaban J connectivity index is 1.57. The molecule has 1 aromatic rings. The lowest BCUT2D eigenvalue weighted by molar-refractivity contribution is -0.0246. The quantitative estimate of drug-likeness (QED) is 0.876. The summed E-state index contributed by atoms with van der Waals surface area (Å²) in [6, 6.07) is 3.53. The van der Waals surface area contributed by atoms with Gasteiger partial charge in [-0.05, 0) is 31.4 Å². The fourth-order valence-corrected chi connectivity index (χ4v) is 3.15. The van der Waals surface area contributed by atoms with Gasteiger partial charge >= 0.3 is 0 Å². The molecule has 1 amide bonds. The number of hydrogen-bond donors (Lipinski definition) is 1. The predicted octanol–water partition coefficient (Wildman–Crippen LogP) is 2.50. The maximum absolute atomic E-state index is 11.9. The summed E-state index contributed by atoms with van der Waals surface area (Å²) >= 11 is 0. The number of ether oxygens (including phenoxy) is 1. The number of furan rings is 1. The van der Waals surface area contributed by atoms with Gasteiger partial charge in [-0.15, -0.1) is 0 Å². The van der Waals surface area contributed by atoms with Gasteiger partial charge in [-0.2, -0.15) is 0 Å². The monoisotopic (exact) mass is 249 g/mol. The molecule has 0 radical (unpaired) electrons. The van der Waals surface area contributed by atoms with Crippen LogP contribution in [0.3, 0.4) is 0 Å². The van der Waals surface area contributed by atoms with Crippen molar-refractivity contribution in [3.05, 3.63) is 24.2 Å². The third-order valence-corrected chi connectivity index (χ3v) is 4.05. The number of hydrogen-bond acceptors (Lipinski definition) is 3. The van der Waals surface area contributed by atoms with Gasteiger partial charge < -0.3 is 14.5 Å². The number of carbonyl (C=O) groups excluding carboxylic acids is 1. The van der Waals surface area contributed by atoms with E-state index in [2.05, 4.69) is 5.32 Å². The highest BCUT2D eigenvalue weighted by molar-refractivity contribution is 5.91. The highest BCUT2D eigenvalue weighted by Crippen LogP contribution is 2.39. The van der Waals surface area contributed by atoms with Crippen molar-refractivity contribution in [2.45, 2.75) is 50.2 Å². The summed E-state index contributed by atoms with van der Waals surface area (Å²) < 4.78 is 11.1. The Bertz CT molecular complexity index is 407. The molecule has 0 aromatic carbocycles. The molecular formula is C14H19NO3. The molecule has 2 aliphatic rings. The second-order valence-corrected chi connectivity index (χ2v) is 5.41. The molecule has 0 unspecified atom stereocenters. The van der Waals surface area contributed by atoms with Crippen LogP contribution in [-0.4, -0.2) is 24.2 Å². The third-order valence-electron chi connectivity index (χ3n) is 4.05. The summed E-state index contributed by atoms with van der Waals surface area (Å²) in [5.74, 6) is 0.237. The fraction of sp³-hybridized carbons (Fsp3) is 0.643. The van der Waals surface area contributed by atoms with E-state index in [-0.39, 0.29) is 17.6 Å². The minimum Gasteiger partial charge on any atom is -0.459 e. The molecule has 1 aliphatic carbocycles. The van der Waals surface area contributed by atoms with Gasteiger partial charge in [0.25, 0.3) is 5.91 Å². The summed E-state index contributed by atoms with van der Waals surface area (Å²) in [5.41, 5.74) is 0.0410. The molecule has 3 rings (SSSR count). The van der Waals surface area contributed by atoms with Crippen molar-refractivity contribution >= 4 is 5.91 Å². The van der Waals surface area contributed by atoms with Gasteiger partial charge in [-0.3, -0.25) is 4.79 Å². The highest BCUT2D eigenvalue weighted by atomic mass is 16.5. The molecule has 18 heavy (non-hydrogen) atoms. The highest BCUT2D eigenvalue weighted by Gasteiger charge is 2.41. The van der Waals surface area contributed by atoms with Crippen molar-refractivity contribution in [2.24, 2.45) is 0 Å². The molecule has 4 heteroatoms. The van der Waals surface area contributed by atoms with E-state index >= 15 is 0 Å². The summed E-state index contributed by atoms with van der Waals surface area (Å²) in [7, 11) is 0. The number of carbonyl (C=O) groups is 1. The Hall–Kier alpha value is -1.29. The van der Waals surface area contributed by atoms with E-state index in [9.17, 15) is 4.79 Å². The van der Waals surface area contributed by atoms with E-state index < -0.39 is 0 Å². The van der Waals surface area contributed by atoms with Gasteiger partial charge in [-0.25, -0.2) is 0 Å². The Labute approximate surface area is 107 Å². The zero-order chi connectivity index (χ0) is 12.4. The Kier molecular flexibility index (Phi) is 3.12. The van der Waals surface area contributed by atoms with Gasteiger partial charge in [0.2, 0.25) is 0 Å². The fourth-order valence-electron chi connectivity index (χ4n) is 3.15. The SMILES string of the molecule is O=C(N[C@@H]1COC2(CCCCC2)C1)c1ccco1. The van der Waals surface area contributed by atoms with Crippen molar-refractivity contribution in [1.29, 1.82) is 0 Å². The molecule has 0 bridgehead atoms. The van der Waals surface area contributed by atoms with Crippen molar-refractivity contribution < 1.29 is 13.9 Å². The molecule has 1 atom stereocenters. The van der Waals surface area contributed by atoms with Crippen LogP contribution in [0, 0.1) is 0 Å². The van der Waals surface area contributed by atoms with E-state index in [1.54, 1.807) is 12.1 Å². The average Bonchev–Trinajstić information content (AvgIpc) is 3.01. The summed E-state index contributed by atoms with van der Waals surface area (Å²) in [5, 5.41) is 3.00. The number of amides is 1. The molecular weight excluding hydrogens is 230 g/mol. The van der Waals surface area contributed by atoms with Gasteiger partial charge in [0.05, 0.1) is 24.5 Å². The normalized spacial score (nSPS) is 26.3. The van der Waals surface area contributed by atoms with Crippen LogP contribution in [0.4, 0.5) is 0 Å². The molecule has 1 aromatic heterocycles. The molecule has 1 N–H and O–H groups in total. The molecule has 4 nitrogen and oxygen atoms in total. The summed E-state index contributed by atoms with van der Waals surface area (Å²) in [6.07, 6.45) is 8.55. The van der Waals surface area contributed by atoms with Gasteiger partial charge in [0, 0.05) is 0 Å². The lowest BCUT2D eigenvalue weighted by Gasteiger charge is -2.32. The van der Waals surface area contributed by atoms with Crippen LogP contribution < -0.4 is 5.32 Å². The Morgan fingerprint density at radius 1 is 1.33 bits per heavy atom. The zero-order valence-corrected chi connectivity index (χ0v) is 10.5. The van der Waals surface area contributed by atoms with Crippen LogP contribution in [0.2, 0.25) is 0 Å². The first-order valence-corrected chi connectivity index (χ1v) is 6.76. The molecule has 1 saturated heterocycles. The second-order valence-electron chi connectivity index (χ2n) is 5.41. The van der Waals surface area contributed by atoms with Crippen LogP contribution in [0.1, 0.15) is 49.1 Å². The van der Waals surface area contributed by atoms with Crippen LogP contribution in [0.25, 0.3) is 0 Å². The van der Waals surface area contributed by atoms with Crippen LogP contribution >= 0.6 is 0 Å². The smallest absolute Gasteiger partial charge is 0.287 e. The lowest BCUT2D eigenvalue weighted by atomic mass is 9.82. The summed E-state index contributed by atoms with van der Waals surface area (Å²) in [4.78, 5) is 11.9. The van der Waals surface area contributed by atoms with Gasteiger partial charge in [0.1, 0.15) is 0 Å². The van der Waals surface area contributed by atoms with Crippen molar-refractivity contribution in [1.82, 2.24) is 5.32 Å². The largest absolute Gasteiger partial charge is 0.459 e. The maximum atomic E-state index is 11.9. The van der Waals surface area contributed by atoms with E-state index in [1.165, 1.54) is 25.5 Å². The van der Waals surface area contributed by atoms with Gasteiger partial charge in [0.15, 0.2) is 5.76 Å². The van der Waals surface area contributed by atoms with Crippen LogP contribution in [0.15, 0.2) is 22.8 Å². The molecule has 2 fully saturated rings. The third kappa shape index (κ3) is 2.29. The molecule has 2 heterocycles. The van der Waals surface area contributed by atoms with Crippen LogP contribution in [-0.2, 0) is 4.74 Å². The van der Waals surface area contributed by atoms with Gasteiger partial charge in [-0.1, -0.05) is 19.3 Å². The minimum absolute atomic E-state index is 0.0410. The number of rotatable bonds is 2. The van der Waals surface area contributed by atoms with E-state index in [0.29, 0.717) is 12.4 Å². The molecule has 1 saturated carbocycles. The first kappa shape index (κ1) is 11.8. The van der Waals surface area contributed by atoms with Crippen molar-refractivity contribution in [3.8, 4) is 0 Å². The molecule has 1 spiro atoms. The first-order chi connectivity index (χ1) is 8.77. The lowest BCUT2D eigenvalue weighted by Crippen LogP contribution is -2.37. The topological polar surface area (TPSA) is 51.5 Å². The first-order valence-electron chi connectivity index (χ1n) is 6.76. The Morgan fingerprint density at radius 2 is 2.17 bits per heavy atom. The minimum atomic E-state index is -0.138. The number of nitrogens with one attached hydrogen (secondary N) is 1. The van der Waals surface area contributed by atoms with E-state index in [1.807, 2.05) is 0 Å². The second kappa shape index (κ2) is 4.76. The Morgan fingerprint density at radius 3 is 2.89 bits per heavy atom. The predicted molar refractivity (Wildman–Crippen MR) is 66.3 cm³/mol. The van der Waals surface area contributed by atoms with Crippen molar-refractivity contribution in [2.75, 3.05) is 6.61 Å². The molecule has 98 valence electrons. The molecule has 1 aliphatic heterocycles. The maximum Gasteiger partial charge on any atom is 0.287 e. The standard InChI is InChI=1S/C14H19NO3/c16-13(12-5-4-8-17-12)15-11-9-14(18-10-11)6-2-1-3-7-14/h4-5,8,11H,1-3,6-7,9-10H2,(H,15,16)/t11-/m0/s1. The summed E-state index contributed by atoms with van der Waals surface area (Å²) in [6.45, 7) is 0.631. The van der Waals surface area contributed by atoms with Crippen molar-refractivity contribution in [3.63, 3.8) is 0 Å². The zero-order valence-electron chi connectivity index (χ0n) is 10.5.